The molecule has 3 rings (SSSR count). The van der Waals surface area contributed by atoms with E-state index in [4.69, 9.17) is 0 Å². The first-order valence-corrected chi connectivity index (χ1v) is 11.3. The van der Waals surface area contributed by atoms with E-state index in [2.05, 4.69) is 17.1 Å². The Balaban J connectivity index is 2.09. The van der Waals surface area contributed by atoms with Crippen molar-refractivity contribution in [1.29, 1.82) is 0 Å². The van der Waals surface area contributed by atoms with Crippen LogP contribution in [-0.4, -0.2) is 42.3 Å². The molecule has 2 fully saturated rings. The lowest BCUT2D eigenvalue weighted by molar-refractivity contribution is -0.117. The van der Waals surface area contributed by atoms with E-state index in [1.807, 2.05) is 32.6 Å². The molecule has 0 aliphatic carbocycles. The third-order valence-corrected chi connectivity index (χ3v) is 7.84. The molecule has 1 aromatic carbocycles. The van der Waals surface area contributed by atoms with Crippen molar-refractivity contribution in [3.05, 3.63) is 28.8 Å². The van der Waals surface area contributed by atoms with Gasteiger partial charge in [-0.3, -0.25) is 4.79 Å². The van der Waals surface area contributed by atoms with Gasteiger partial charge in [-0.25, -0.2) is 8.42 Å². The van der Waals surface area contributed by atoms with Gasteiger partial charge in [-0.05, 0) is 38.3 Å². The molecule has 136 valence electrons. The minimum atomic E-state index is -3.04. The SMILES string of the molecule is CCCC(=O)N=C1SC2CS(=O)(=O)CC2N1c1c(C)cc(C)cc1C. The molecule has 0 saturated carbocycles. The zero-order valence-corrected chi connectivity index (χ0v) is 16.7. The molecular weight excluding hydrogens is 356 g/mol. The number of fused-ring (bicyclic) bond motifs is 1. The summed E-state index contributed by atoms with van der Waals surface area (Å²) >= 11 is 1.44. The van der Waals surface area contributed by atoms with Crippen LogP contribution in [0.3, 0.4) is 0 Å². The second-order valence-corrected chi connectivity index (χ2v) is 10.3. The Kier molecular flexibility index (Phi) is 4.99. The monoisotopic (exact) mass is 380 g/mol. The number of anilines is 1. The van der Waals surface area contributed by atoms with Crippen molar-refractivity contribution >= 4 is 38.4 Å². The van der Waals surface area contributed by atoms with Crippen LogP contribution < -0.4 is 4.90 Å². The summed E-state index contributed by atoms with van der Waals surface area (Å²) in [6.07, 6.45) is 1.17. The maximum Gasteiger partial charge on any atom is 0.248 e. The highest BCUT2D eigenvalue weighted by Gasteiger charge is 2.49. The number of amides is 1. The number of amidine groups is 1. The number of aliphatic imine (C=N–C) groups is 1. The number of hydrogen-bond acceptors (Lipinski definition) is 4. The first-order chi connectivity index (χ1) is 11.7. The lowest BCUT2D eigenvalue weighted by Gasteiger charge is -2.28. The number of thioether (sulfide) groups is 1. The molecule has 5 nitrogen and oxygen atoms in total. The summed E-state index contributed by atoms with van der Waals surface area (Å²) in [7, 11) is -3.04. The van der Waals surface area contributed by atoms with Gasteiger partial charge in [0.25, 0.3) is 0 Å². The van der Waals surface area contributed by atoms with E-state index < -0.39 is 9.84 Å². The van der Waals surface area contributed by atoms with Gasteiger partial charge in [-0.1, -0.05) is 36.4 Å². The topological polar surface area (TPSA) is 66.8 Å². The molecule has 0 spiro atoms. The number of benzene rings is 1. The van der Waals surface area contributed by atoms with E-state index in [9.17, 15) is 13.2 Å². The van der Waals surface area contributed by atoms with Crippen molar-refractivity contribution in [2.24, 2.45) is 4.99 Å². The van der Waals surface area contributed by atoms with Gasteiger partial charge in [0.15, 0.2) is 15.0 Å². The Morgan fingerprint density at radius 3 is 2.48 bits per heavy atom. The predicted molar refractivity (Wildman–Crippen MR) is 104 cm³/mol. The zero-order valence-electron chi connectivity index (χ0n) is 15.1. The zero-order chi connectivity index (χ0) is 18.4. The number of carbonyl (C=O) groups excluding carboxylic acids is 1. The molecule has 0 radical (unpaired) electrons. The fourth-order valence-corrected chi connectivity index (χ4v) is 7.67. The quantitative estimate of drug-likeness (QED) is 0.806. The number of sulfone groups is 1. The smallest absolute Gasteiger partial charge is 0.248 e. The van der Waals surface area contributed by atoms with Crippen LogP contribution in [0.4, 0.5) is 5.69 Å². The van der Waals surface area contributed by atoms with Gasteiger partial charge in [0.05, 0.1) is 17.5 Å². The largest absolute Gasteiger partial charge is 0.315 e. The average Bonchev–Trinajstić information content (AvgIpc) is 2.91. The van der Waals surface area contributed by atoms with Gasteiger partial charge in [0.2, 0.25) is 5.91 Å². The van der Waals surface area contributed by atoms with E-state index in [-0.39, 0.29) is 28.7 Å². The third-order valence-electron chi connectivity index (χ3n) is 4.63. The van der Waals surface area contributed by atoms with Crippen LogP contribution in [0.25, 0.3) is 0 Å². The number of rotatable bonds is 3. The molecular formula is C18H24N2O3S2. The highest BCUT2D eigenvalue weighted by Crippen LogP contribution is 2.43. The Morgan fingerprint density at radius 2 is 1.88 bits per heavy atom. The molecule has 7 heteroatoms. The Bertz CT molecular complexity index is 823. The summed E-state index contributed by atoms with van der Waals surface area (Å²) in [4.78, 5) is 18.4. The van der Waals surface area contributed by atoms with Gasteiger partial charge in [0, 0.05) is 17.4 Å². The van der Waals surface area contributed by atoms with Crippen molar-refractivity contribution in [1.82, 2.24) is 0 Å². The second-order valence-electron chi connectivity index (χ2n) is 6.96. The minimum Gasteiger partial charge on any atom is -0.315 e. The lowest BCUT2D eigenvalue weighted by Crippen LogP contribution is -2.38. The number of hydrogen-bond donors (Lipinski definition) is 0. The standard InChI is InChI=1S/C18H24N2O3S2/c1-5-6-16(21)19-18-20(14-9-25(22,23)10-15(14)24-18)17-12(3)7-11(2)8-13(17)4/h7-8,14-15H,5-6,9-10H2,1-4H3. The van der Waals surface area contributed by atoms with Crippen molar-refractivity contribution in [2.75, 3.05) is 16.4 Å². The lowest BCUT2D eigenvalue weighted by atomic mass is 10.0. The van der Waals surface area contributed by atoms with Crippen molar-refractivity contribution in [2.45, 2.75) is 51.8 Å². The van der Waals surface area contributed by atoms with Gasteiger partial charge in [0.1, 0.15) is 0 Å². The summed E-state index contributed by atoms with van der Waals surface area (Å²) < 4.78 is 24.3. The van der Waals surface area contributed by atoms with E-state index in [1.165, 1.54) is 17.3 Å². The van der Waals surface area contributed by atoms with Gasteiger partial charge in [-0.15, -0.1) is 0 Å². The summed E-state index contributed by atoms with van der Waals surface area (Å²) in [5.41, 5.74) is 4.32. The Hall–Kier alpha value is -1.34. The van der Waals surface area contributed by atoms with Crippen molar-refractivity contribution < 1.29 is 13.2 Å². The molecule has 2 aliphatic rings. The molecule has 0 N–H and O–H groups in total. The summed E-state index contributed by atoms with van der Waals surface area (Å²) in [6.45, 7) is 8.06. The average molecular weight is 381 g/mol. The Labute approximate surface area is 153 Å². The molecule has 1 aromatic rings. The van der Waals surface area contributed by atoms with Gasteiger partial charge < -0.3 is 4.90 Å². The van der Waals surface area contributed by atoms with Crippen LogP contribution in [0.15, 0.2) is 17.1 Å². The van der Waals surface area contributed by atoms with Crippen molar-refractivity contribution in [3.8, 4) is 0 Å². The van der Waals surface area contributed by atoms with Gasteiger partial charge >= 0.3 is 0 Å². The molecule has 2 heterocycles. The Morgan fingerprint density at radius 1 is 1.24 bits per heavy atom. The van der Waals surface area contributed by atoms with Crippen LogP contribution in [-0.2, 0) is 14.6 Å². The molecule has 2 aliphatic heterocycles. The van der Waals surface area contributed by atoms with Crippen LogP contribution in [0, 0.1) is 20.8 Å². The fraction of sp³-hybridized carbons (Fsp3) is 0.556. The van der Waals surface area contributed by atoms with E-state index in [0.29, 0.717) is 11.6 Å². The molecule has 1 amide bonds. The number of aryl methyl sites for hydroxylation is 3. The van der Waals surface area contributed by atoms with Gasteiger partial charge in [-0.2, -0.15) is 4.99 Å². The summed E-state index contributed by atoms with van der Waals surface area (Å²) in [6, 6.07) is 4.04. The van der Waals surface area contributed by atoms with Crippen LogP contribution in [0.1, 0.15) is 36.5 Å². The molecule has 0 bridgehead atoms. The number of carbonyl (C=O) groups is 1. The van der Waals surface area contributed by atoms with E-state index in [0.717, 1.165) is 23.2 Å². The molecule has 2 unspecified atom stereocenters. The first-order valence-electron chi connectivity index (χ1n) is 8.57. The normalized spacial score (nSPS) is 26.2. The molecule has 25 heavy (non-hydrogen) atoms. The maximum absolute atomic E-state index is 12.1. The highest BCUT2D eigenvalue weighted by atomic mass is 32.2. The molecule has 0 aromatic heterocycles. The highest BCUT2D eigenvalue weighted by molar-refractivity contribution is 8.16. The first kappa shape index (κ1) is 18.5. The number of nitrogens with zero attached hydrogens (tertiary/aromatic N) is 2. The summed E-state index contributed by atoms with van der Waals surface area (Å²) in [5, 5.41) is 0.594. The maximum atomic E-state index is 12.1. The summed E-state index contributed by atoms with van der Waals surface area (Å²) in [5.74, 6) is 0.141. The van der Waals surface area contributed by atoms with Crippen molar-refractivity contribution in [3.63, 3.8) is 0 Å². The van der Waals surface area contributed by atoms with Crippen LogP contribution >= 0.6 is 11.8 Å². The minimum absolute atomic E-state index is 0.0571. The third kappa shape index (κ3) is 3.62. The predicted octanol–water partition coefficient (Wildman–Crippen LogP) is 3.01. The van der Waals surface area contributed by atoms with E-state index >= 15 is 0 Å². The van der Waals surface area contributed by atoms with Crippen LogP contribution in [0.5, 0.6) is 0 Å². The van der Waals surface area contributed by atoms with E-state index in [1.54, 1.807) is 0 Å². The van der Waals surface area contributed by atoms with Crippen LogP contribution in [0.2, 0.25) is 0 Å². The molecule has 2 saturated heterocycles. The fourth-order valence-electron chi connectivity index (χ4n) is 3.75. The molecule has 2 atom stereocenters. The second kappa shape index (κ2) is 6.76.